The van der Waals surface area contributed by atoms with E-state index in [4.69, 9.17) is 27.9 Å². The third-order valence-corrected chi connectivity index (χ3v) is 7.17. The van der Waals surface area contributed by atoms with Crippen LogP contribution in [0.3, 0.4) is 0 Å². The van der Waals surface area contributed by atoms with Crippen molar-refractivity contribution in [1.82, 2.24) is 0 Å². The van der Waals surface area contributed by atoms with Crippen LogP contribution in [0, 0.1) is 0 Å². The van der Waals surface area contributed by atoms with Crippen molar-refractivity contribution in [2.45, 2.75) is 25.2 Å². The minimum absolute atomic E-state index is 0. The fourth-order valence-corrected chi connectivity index (χ4v) is 5.46. The van der Waals surface area contributed by atoms with Crippen molar-refractivity contribution in [2.75, 3.05) is 11.9 Å². The van der Waals surface area contributed by atoms with Gasteiger partial charge in [0.2, 0.25) is 0 Å². The molecule has 0 radical (unpaired) electrons. The molecular weight excluding hydrogens is 588 g/mol. The van der Waals surface area contributed by atoms with E-state index in [2.05, 4.69) is 15.5 Å². The summed E-state index contributed by atoms with van der Waals surface area (Å²) in [5.74, 6) is -0.947. The molecule has 0 heterocycles. The summed E-state index contributed by atoms with van der Waals surface area (Å²) >= 11 is 12.4. The number of hydrogen-bond donors (Lipinski definition) is 2. The molecule has 4 aromatic rings. The van der Waals surface area contributed by atoms with Crippen LogP contribution >= 0.6 is 23.2 Å². The second kappa shape index (κ2) is 13.3. The fraction of sp³-hybridized carbons (Fsp3) is 0.148. The first-order valence-electron chi connectivity index (χ1n) is 11.7. The molecule has 0 atom stereocenters. The van der Waals surface area contributed by atoms with E-state index in [0.717, 1.165) is 6.07 Å². The number of benzene rings is 4. The van der Waals surface area contributed by atoms with Gasteiger partial charge >= 0.3 is 29.6 Å². The topological polar surface area (TPSA) is 140 Å². The number of amides is 1. The first kappa shape index (κ1) is 31.8. The van der Waals surface area contributed by atoms with Crippen molar-refractivity contribution in [3.05, 3.63) is 81.8 Å². The van der Waals surface area contributed by atoms with Crippen molar-refractivity contribution in [1.29, 1.82) is 0 Å². The molecule has 4 aromatic carbocycles. The molecule has 0 aromatic heterocycles. The maximum atomic E-state index is 13.4. The van der Waals surface area contributed by atoms with Crippen LogP contribution in [0.5, 0.6) is 11.5 Å². The molecule has 2 N–H and O–H groups in total. The Morgan fingerprint density at radius 1 is 1.05 bits per heavy atom. The number of carbonyl (C=O) groups is 1. The number of hydrogen-bond acceptors (Lipinski definition) is 7. The molecule has 0 bridgehead atoms. The Kier molecular flexibility index (Phi) is 10.6. The molecule has 9 nitrogen and oxygen atoms in total. The van der Waals surface area contributed by atoms with Gasteiger partial charge in [0.1, 0.15) is 10.6 Å². The van der Waals surface area contributed by atoms with Gasteiger partial charge in [0.15, 0.2) is 0 Å². The van der Waals surface area contributed by atoms with Gasteiger partial charge in [-0.15, -0.1) is 0 Å². The number of carbonyl (C=O) groups excluding carboxylic acids is 1. The van der Waals surface area contributed by atoms with Gasteiger partial charge in [-0.25, -0.2) is 0 Å². The van der Waals surface area contributed by atoms with Crippen molar-refractivity contribution in [3.8, 4) is 11.5 Å². The molecule has 40 heavy (non-hydrogen) atoms. The van der Waals surface area contributed by atoms with Gasteiger partial charge in [-0.3, -0.25) is 9.35 Å². The molecule has 1 amide bonds. The quantitative estimate of drug-likeness (QED) is 0.175. The number of nitrogens with one attached hydrogen (secondary N) is 1. The first-order chi connectivity index (χ1) is 18.5. The Bertz CT molecular complexity index is 1730. The molecule has 0 saturated heterocycles. The van der Waals surface area contributed by atoms with Gasteiger partial charge in [0.25, 0.3) is 16.0 Å². The zero-order chi connectivity index (χ0) is 28.3. The normalized spacial score (nSPS) is 11.4. The van der Waals surface area contributed by atoms with Crippen LogP contribution in [0.1, 0.15) is 29.8 Å². The van der Waals surface area contributed by atoms with Crippen LogP contribution in [-0.4, -0.2) is 25.5 Å². The average Bonchev–Trinajstić information content (AvgIpc) is 2.86. The van der Waals surface area contributed by atoms with Crippen molar-refractivity contribution < 1.29 is 57.2 Å². The summed E-state index contributed by atoms with van der Waals surface area (Å²) in [4.78, 5) is 12.8. The Balaban J connectivity index is 0.00000441. The van der Waals surface area contributed by atoms with E-state index in [1.54, 1.807) is 43.3 Å². The van der Waals surface area contributed by atoms with E-state index in [1.807, 2.05) is 6.92 Å². The summed E-state index contributed by atoms with van der Waals surface area (Å²) in [5, 5.41) is 25.6. The Hall–Kier alpha value is -2.70. The molecule has 0 unspecified atom stereocenters. The summed E-state index contributed by atoms with van der Waals surface area (Å²) in [5.41, 5.74) is 0.211. The number of anilines is 1. The zero-order valence-electron chi connectivity index (χ0n) is 21.7. The van der Waals surface area contributed by atoms with Crippen molar-refractivity contribution in [3.63, 3.8) is 0 Å². The molecule has 0 aliphatic rings. The second-order valence-electron chi connectivity index (χ2n) is 8.32. The molecule has 13 heteroatoms. The van der Waals surface area contributed by atoms with E-state index >= 15 is 0 Å². The molecule has 202 valence electrons. The molecule has 0 aliphatic heterocycles. The van der Waals surface area contributed by atoms with E-state index < -0.39 is 26.7 Å². The maximum absolute atomic E-state index is 13.4. The second-order valence-corrected chi connectivity index (χ2v) is 10.6. The number of ether oxygens (including phenoxy) is 1. The minimum Gasteiger partial charge on any atom is -0.870 e. The Morgan fingerprint density at radius 3 is 2.45 bits per heavy atom. The fourth-order valence-electron chi connectivity index (χ4n) is 4.00. The molecule has 0 saturated carbocycles. The predicted molar refractivity (Wildman–Crippen MR) is 149 cm³/mol. The minimum atomic E-state index is -4.59. The average molecular weight is 610 g/mol. The summed E-state index contributed by atoms with van der Waals surface area (Å²) in [6.45, 7) is 3.89. The summed E-state index contributed by atoms with van der Waals surface area (Å²) in [7, 11) is -4.59. The van der Waals surface area contributed by atoms with Crippen LogP contribution in [-0.2, 0) is 16.5 Å². The van der Waals surface area contributed by atoms with Gasteiger partial charge in [0, 0.05) is 32.7 Å². The third kappa shape index (κ3) is 7.13. The standard InChI is InChI=1S/C27H23Cl2N3O6S.Na/c1-3-20-23(29)13-18(14-24(20)39(35,36)37)31-32-25-21-8-6-5-7-15(21)9-22(26(25)33)27(34)30-17-10-16(28)11-19(12-17)38-4-2;/h5-14,33H,3-4H2,1-2H3,(H,30,34)(H,35,36,37);/q;+1/p-1. The third-order valence-electron chi connectivity index (χ3n) is 5.70. The van der Waals surface area contributed by atoms with Gasteiger partial charge in [0.05, 0.1) is 18.0 Å². The van der Waals surface area contributed by atoms with Crippen molar-refractivity contribution >= 4 is 67.1 Å². The Morgan fingerprint density at radius 2 is 1.77 bits per heavy atom. The van der Waals surface area contributed by atoms with Gasteiger partial charge in [-0.2, -0.15) is 18.6 Å². The van der Waals surface area contributed by atoms with E-state index in [1.165, 1.54) is 18.2 Å². The van der Waals surface area contributed by atoms with E-state index in [9.17, 15) is 22.9 Å². The van der Waals surface area contributed by atoms with Gasteiger partial charge < -0.3 is 15.2 Å². The molecule has 0 aliphatic carbocycles. The van der Waals surface area contributed by atoms with Crippen LogP contribution < -0.4 is 44.7 Å². The Labute approximate surface area is 263 Å². The molecule has 0 fully saturated rings. The van der Waals surface area contributed by atoms with Gasteiger partial charge in [-0.05, 0) is 54.6 Å². The number of fused-ring (bicyclic) bond motifs is 1. The number of halogens is 2. The van der Waals surface area contributed by atoms with E-state index in [-0.39, 0.29) is 63.5 Å². The predicted octanol–water partition coefficient (Wildman–Crippen LogP) is 4.10. The van der Waals surface area contributed by atoms with Crippen LogP contribution in [0.25, 0.3) is 10.8 Å². The maximum Gasteiger partial charge on any atom is 1.00 e. The smallest absolute Gasteiger partial charge is 0.870 e. The van der Waals surface area contributed by atoms with Crippen LogP contribution in [0.4, 0.5) is 17.1 Å². The number of rotatable bonds is 8. The van der Waals surface area contributed by atoms with Crippen LogP contribution in [0.2, 0.25) is 10.0 Å². The number of azo groups is 1. The zero-order valence-corrected chi connectivity index (χ0v) is 26.1. The van der Waals surface area contributed by atoms with Crippen molar-refractivity contribution in [2.24, 2.45) is 10.2 Å². The molecular formula is C27H22Cl2N3NaO6S. The first-order valence-corrected chi connectivity index (χ1v) is 13.9. The summed E-state index contributed by atoms with van der Waals surface area (Å²) < 4.78 is 38.9. The number of nitrogens with zero attached hydrogens (tertiary/aromatic N) is 2. The summed E-state index contributed by atoms with van der Waals surface area (Å²) in [6, 6.07) is 15.4. The SMILES string of the molecule is CCOc1cc(Cl)cc(NC(=O)c2cc3ccccc3c(N=Nc3cc(Cl)c(CC)c(S(=O)(=O)O)c3)c2[O-])c1.[Na+]. The van der Waals surface area contributed by atoms with Crippen LogP contribution in [0.15, 0.2) is 75.8 Å². The summed E-state index contributed by atoms with van der Waals surface area (Å²) in [6.07, 6.45) is 0.247. The van der Waals surface area contributed by atoms with E-state index in [0.29, 0.717) is 33.8 Å². The largest absolute Gasteiger partial charge is 1.00 e. The molecule has 4 rings (SSSR count). The molecule has 0 spiro atoms. The van der Waals surface area contributed by atoms with Gasteiger partial charge in [-0.1, -0.05) is 60.1 Å². The monoisotopic (exact) mass is 609 g/mol.